The van der Waals surface area contributed by atoms with Gasteiger partial charge in [-0.15, -0.1) is 0 Å². The Balaban J connectivity index is 2.30. The number of carbonyl (C=O) groups is 1. The number of rotatable bonds is 6. The van der Waals surface area contributed by atoms with E-state index in [1.54, 1.807) is 6.92 Å². The van der Waals surface area contributed by atoms with Crippen molar-refractivity contribution in [2.75, 3.05) is 20.1 Å². The molecule has 0 aromatic carbocycles. The summed E-state index contributed by atoms with van der Waals surface area (Å²) in [6, 6.07) is 0. The predicted octanol–water partition coefficient (Wildman–Crippen LogP) is 2.86. The molecular weight excluding hydrogens is 214 g/mol. The molecule has 3 nitrogen and oxygen atoms in total. The number of carboxylic acids is 1. The molecule has 0 spiro atoms. The van der Waals surface area contributed by atoms with E-state index in [1.807, 2.05) is 0 Å². The minimum absolute atomic E-state index is 0.259. The minimum Gasteiger partial charge on any atom is -0.481 e. The number of nitrogens with zero attached hydrogens (tertiary/aromatic N) is 1. The van der Waals surface area contributed by atoms with Gasteiger partial charge in [-0.3, -0.25) is 4.79 Å². The van der Waals surface area contributed by atoms with Gasteiger partial charge in [-0.25, -0.2) is 0 Å². The summed E-state index contributed by atoms with van der Waals surface area (Å²) in [7, 11) is 2.05. The number of hydrogen-bond donors (Lipinski definition) is 1. The molecule has 0 bridgehead atoms. The van der Waals surface area contributed by atoms with Crippen LogP contribution in [0.5, 0.6) is 0 Å². The van der Waals surface area contributed by atoms with Crippen molar-refractivity contribution in [2.24, 2.45) is 17.8 Å². The van der Waals surface area contributed by atoms with Crippen LogP contribution in [0.4, 0.5) is 0 Å². The highest BCUT2D eigenvalue weighted by Crippen LogP contribution is 2.31. The molecule has 1 aliphatic rings. The zero-order chi connectivity index (χ0) is 12.8. The van der Waals surface area contributed by atoms with Gasteiger partial charge in [0.1, 0.15) is 0 Å². The molecule has 0 saturated heterocycles. The van der Waals surface area contributed by atoms with Crippen molar-refractivity contribution in [3.8, 4) is 0 Å². The Hall–Kier alpha value is -0.570. The molecule has 1 fully saturated rings. The second kappa shape index (κ2) is 7.00. The van der Waals surface area contributed by atoms with Gasteiger partial charge >= 0.3 is 5.97 Å². The maximum atomic E-state index is 10.8. The first-order valence-electron chi connectivity index (χ1n) is 6.94. The molecular formula is C14H27NO2. The normalized spacial score (nSPS) is 27.1. The lowest BCUT2D eigenvalue weighted by Gasteiger charge is -2.32. The van der Waals surface area contributed by atoms with Gasteiger partial charge in [0, 0.05) is 13.1 Å². The first kappa shape index (κ1) is 14.5. The Bertz CT molecular complexity index is 242. The van der Waals surface area contributed by atoms with Crippen LogP contribution in [0, 0.1) is 17.8 Å². The molecule has 3 heteroatoms. The standard InChI is InChI=1S/C14H27NO2/c1-4-12-6-5-7-13(8-12)10-15(3)9-11(2)14(16)17/h11-13H,4-10H2,1-3H3,(H,16,17). The molecule has 1 N–H and O–H groups in total. The van der Waals surface area contributed by atoms with E-state index in [-0.39, 0.29) is 5.92 Å². The molecule has 0 aromatic heterocycles. The second-order valence-electron chi connectivity index (χ2n) is 5.77. The first-order chi connectivity index (χ1) is 8.02. The van der Waals surface area contributed by atoms with E-state index >= 15 is 0 Å². The van der Waals surface area contributed by atoms with Gasteiger partial charge in [0.2, 0.25) is 0 Å². The van der Waals surface area contributed by atoms with Crippen LogP contribution in [0.1, 0.15) is 46.0 Å². The van der Waals surface area contributed by atoms with Gasteiger partial charge in [-0.05, 0) is 31.7 Å². The summed E-state index contributed by atoms with van der Waals surface area (Å²) in [5.41, 5.74) is 0. The molecule has 0 amide bonds. The SMILES string of the molecule is CCC1CCCC(CN(C)CC(C)C(=O)O)C1. The van der Waals surface area contributed by atoms with E-state index in [0.717, 1.165) is 18.4 Å². The van der Waals surface area contributed by atoms with Crippen molar-refractivity contribution in [2.45, 2.75) is 46.0 Å². The summed E-state index contributed by atoms with van der Waals surface area (Å²) in [5.74, 6) is 0.733. The number of hydrogen-bond acceptors (Lipinski definition) is 2. The molecule has 1 saturated carbocycles. The zero-order valence-corrected chi connectivity index (χ0v) is 11.5. The van der Waals surface area contributed by atoms with Crippen LogP contribution in [0.2, 0.25) is 0 Å². The Morgan fingerprint density at radius 2 is 2.06 bits per heavy atom. The van der Waals surface area contributed by atoms with E-state index in [1.165, 1.54) is 32.1 Å². The average molecular weight is 241 g/mol. The van der Waals surface area contributed by atoms with Gasteiger partial charge in [0.15, 0.2) is 0 Å². The van der Waals surface area contributed by atoms with Crippen LogP contribution in [0.25, 0.3) is 0 Å². The lowest BCUT2D eigenvalue weighted by atomic mass is 9.80. The topological polar surface area (TPSA) is 40.5 Å². The molecule has 1 rings (SSSR count). The summed E-state index contributed by atoms with van der Waals surface area (Å²) >= 11 is 0. The highest BCUT2D eigenvalue weighted by molar-refractivity contribution is 5.69. The molecule has 0 aliphatic heterocycles. The van der Waals surface area contributed by atoms with E-state index in [4.69, 9.17) is 5.11 Å². The Kier molecular flexibility index (Phi) is 5.96. The van der Waals surface area contributed by atoms with Crippen LogP contribution in [0.15, 0.2) is 0 Å². The molecule has 0 aromatic rings. The van der Waals surface area contributed by atoms with Gasteiger partial charge in [-0.2, -0.15) is 0 Å². The summed E-state index contributed by atoms with van der Waals surface area (Å²) in [4.78, 5) is 13.0. The Morgan fingerprint density at radius 3 is 2.65 bits per heavy atom. The van der Waals surface area contributed by atoms with Crippen LogP contribution >= 0.6 is 0 Å². The van der Waals surface area contributed by atoms with Gasteiger partial charge < -0.3 is 10.0 Å². The lowest BCUT2D eigenvalue weighted by molar-refractivity contribution is -0.141. The van der Waals surface area contributed by atoms with Gasteiger partial charge in [0.05, 0.1) is 5.92 Å². The van der Waals surface area contributed by atoms with Crippen molar-refractivity contribution in [3.63, 3.8) is 0 Å². The molecule has 17 heavy (non-hydrogen) atoms. The molecule has 100 valence electrons. The predicted molar refractivity (Wildman–Crippen MR) is 70.0 cm³/mol. The molecule has 3 atom stereocenters. The fourth-order valence-corrected chi connectivity index (χ4v) is 3.00. The summed E-state index contributed by atoms with van der Waals surface area (Å²) in [5, 5.41) is 8.89. The van der Waals surface area contributed by atoms with Gasteiger partial charge in [-0.1, -0.05) is 33.1 Å². The maximum Gasteiger partial charge on any atom is 0.307 e. The fraction of sp³-hybridized carbons (Fsp3) is 0.929. The summed E-state index contributed by atoms with van der Waals surface area (Å²) in [6.07, 6.45) is 6.70. The third-order valence-corrected chi connectivity index (χ3v) is 4.05. The van der Waals surface area contributed by atoms with Crippen molar-refractivity contribution >= 4 is 5.97 Å². The molecule has 0 radical (unpaired) electrons. The minimum atomic E-state index is -0.688. The number of aliphatic carboxylic acids is 1. The maximum absolute atomic E-state index is 10.8. The first-order valence-corrected chi connectivity index (χ1v) is 6.94. The molecule has 3 unspecified atom stereocenters. The van der Waals surface area contributed by atoms with Crippen LogP contribution < -0.4 is 0 Å². The number of carboxylic acid groups (broad SMARTS) is 1. The third kappa shape index (κ3) is 5.07. The van der Waals surface area contributed by atoms with Crippen molar-refractivity contribution < 1.29 is 9.90 Å². The van der Waals surface area contributed by atoms with Gasteiger partial charge in [0.25, 0.3) is 0 Å². The zero-order valence-electron chi connectivity index (χ0n) is 11.5. The van der Waals surface area contributed by atoms with E-state index < -0.39 is 5.97 Å². The van der Waals surface area contributed by atoms with Crippen LogP contribution in [-0.2, 0) is 4.79 Å². The Labute approximate surface area is 105 Å². The van der Waals surface area contributed by atoms with E-state index in [9.17, 15) is 4.79 Å². The van der Waals surface area contributed by atoms with E-state index in [2.05, 4.69) is 18.9 Å². The summed E-state index contributed by atoms with van der Waals surface area (Å²) in [6.45, 7) is 5.80. The second-order valence-corrected chi connectivity index (χ2v) is 5.77. The highest BCUT2D eigenvalue weighted by atomic mass is 16.4. The molecule has 0 heterocycles. The van der Waals surface area contributed by atoms with E-state index in [0.29, 0.717) is 6.54 Å². The lowest BCUT2D eigenvalue weighted by Crippen LogP contribution is -2.34. The monoisotopic (exact) mass is 241 g/mol. The van der Waals surface area contributed by atoms with Crippen molar-refractivity contribution in [1.82, 2.24) is 4.90 Å². The Morgan fingerprint density at radius 1 is 1.41 bits per heavy atom. The smallest absolute Gasteiger partial charge is 0.307 e. The van der Waals surface area contributed by atoms with Crippen molar-refractivity contribution in [3.05, 3.63) is 0 Å². The average Bonchev–Trinajstić information content (AvgIpc) is 2.28. The third-order valence-electron chi connectivity index (χ3n) is 4.05. The summed E-state index contributed by atoms with van der Waals surface area (Å²) < 4.78 is 0. The van der Waals surface area contributed by atoms with Crippen LogP contribution in [0.3, 0.4) is 0 Å². The fourth-order valence-electron chi connectivity index (χ4n) is 3.00. The quantitative estimate of drug-likeness (QED) is 0.777. The van der Waals surface area contributed by atoms with Crippen LogP contribution in [-0.4, -0.2) is 36.1 Å². The largest absolute Gasteiger partial charge is 0.481 e. The van der Waals surface area contributed by atoms with Crippen molar-refractivity contribution in [1.29, 1.82) is 0 Å². The molecule has 1 aliphatic carbocycles. The highest BCUT2D eigenvalue weighted by Gasteiger charge is 2.23.